The minimum absolute atomic E-state index is 0.0562. The highest BCUT2D eigenvalue weighted by molar-refractivity contribution is 5.76. The zero-order chi connectivity index (χ0) is 10.6. The molecular formula is C10H14N2O2. The number of hydrogen-bond donors (Lipinski definition) is 2. The van der Waals surface area contributed by atoms with Crippen LogP contribution in [0.25, 0.3) is 0 Å². The Morgan fingerprint density at radius 2 is 1.93 bits per heavy atom. The molecule has 0 fully saturated rings. The molecule has 0 saturated heterocycles. The molecule has 0 aliphatic heterocycles. The number of rotatable bonds is 3. The molecular weight excluding hydrogens is 180 g/mol. The van der Waals surface area contributed by atoms with Crippen molar-refractivity contribution in [2.75, 3.05) is 6.61 Å². The van der Waals surface area contributed by atoms with E-state index in [-0.39, 0.29) is 12.5 Å². The van der Waals surface area contributed by atoms with Crippen molar-refractivity contribution in [3.05, 3.63) is 29.3 Å². The Morgan fingerprint density at radius 3 is 2.43 bits per heavy atom. The van der Waals surface area contributed by atoms with Crippen molar-refractivity contribution >= 4 is 5.91 Å². The van der Waals surface area contributed by atoms with Crippen LogP contribution in [-0.2, 0) is 4.79 Å². The van der Waals surface area contributed by atoms with Crippen molar-refractivity contribution in [2.45, 2.75) is 13.8 Å². The van der Waals surface area contributed by atoms with Gasteiger partial charge in [0, 0.05) is 0 Å². The average molecular weight is 194 g/mol. The van der Waals surface area contributed by atoms with Crippen LogP contribution in [0.15, 0.2) is 18.2 Å². The smallest absolute Gasteiger partial charge is 0.271 e. The predicted molar refractivity (Wildman–Crippen MR) is 53.7 cm³/mol. The van der Waals surface area contributed by atoms with Crippen LogP contribution < -0.4 is 16.0 Å². The molecule has 4 nitrogen and oxygen atoms in total. The lowest BCUT2D eigenvalue weighted by atomic mass is 10.1. The van der Waals surface area contributed by atoms with Gasteiger partial charge in [0.15, 0.2) is 6.61 Å². The summed E-state index contributed by atoms with van der Waals surface area (Å²) >= 11 is 0. The van der Waals surface area contributed by atoms with E-state index in [1.807, 2.05) is 37.5 Å². The Morgan fingerprint density at radius 1 is 1.36 bits per heavy atom. The van der Waals surface area contributed by atoms with Crippen LogP contribution in [0.3, 0.4) is 0 Å². The Balaban J connectivity index is 2.63. The van der Waals surface area contributed by atoms with Crippen LogP contribution in [0, 0.1) is 13.8 Å². The first-order chi connectivity index (χ1) is 6.61. The van der Waals surface area contributed by atoms with E-state index >= 15 is 0 Å². The molecule has 0 unspecified atom stereocenters. The summed E-state index contributed by atoms with van der Waals surface area (Å²) in [4.78, 5) is 10.8. The monoisotopic (exact) mass is 194 g/mol. The van der Waals surface area contributed by atoms with Gasteiger partial charge in [-0.25, -0.2) is 5.84 Å². The average Bonchev–Trinajstić information content (AvgIpc) is 2.12. The van der Waals surface area contributed by atoms with Crippen LogP contribution in [0.1, 0.15) is 11.1 Å². The van der Waals surface area contributed by atoms with Crippen molar-refractivity contribution in [1.29, 1.82) is 0 Å². The number of amides is 1. The summed E-state index contributed by atoms with van der Waals surface area (Å²) < 4.78 is 5.23. The largest absolute Gasteiger partial charge is 0.484 e. The van der Waals surface area contributed by atoms with E-state index in [9.17, 15) is 4.79 Å². The maximum absolute atomic E-state index is 10.8. The molecule has 0 atom stereocenters. The van der Waals surface area contributed by atoms with Gasteiger partial charge >= 0.3 is 0 Å². The highest BCUT2D eigenvalue weighted by atomic mass is 16.5. The van der Waals surface area contributed by atoms with Gasteiger partial charge in [0.1, 0.15) is 5.75 Å². The summed E-state index contributed by atoms with van der Waals surface area (Å²) in [5.41, 5.74) is 4.21. The Labute approximate surface area is 83.0 Å². The molecule has 4 heteroatoms. The lowest BCUT2D eigenvalue weighted by Crippen LogP contribution is -2.34. The summed E-state index contributed by atoms with van der Waals surface area (Å²) in [6, 6.07) is 5.78. The van der Waals surface area contributed by atoms with Gasteiger partial charge in [0.2, 0.25) is 0 Å². The fraction of sp³-hybridized carbons (Fsp3) is 0.300. The van der Waals surface area contributed by atoms with Crippen LogP contribution in [0.2, 0.25) is 0 Å². The molecule has 0 bridgehead atoms. The molecule has 14 heavy (non-hydrogen) atoms. The fourth-order valence-electron chi connectivity index (χ4n) is 1.21. The second kappa shape index (κ2) is 4.62. The SMILES string of the molecule is Cc1cc(C)cc(OCC(=O)NN)c1. The van der Waals surface area contributed by atoms with Gasteiger partial charge in [-0.3, -0.25) is 10.2 Å². The van der Waals surface area contributed by atoms with E-state index in [0.29, 0.717) is 5.75 Å². The maximum atomic E-state index is 10.8. The number of carbonyl (C=O) groups excluding carboxylic acids is 1. The normalized spacial score (nSPS) is 9.64. The number of benzene rings is 1. The number of carbonyl (C=O) groups is 1. The Hall–Kier alpha value is -1.55. The zero-order valence-electron chi connectivity index (χ0n) is 8.33. The van der Waals surface area contributed by atoms with E-state index in [0.717, 1.165) is 11.1 Å². The van der Waals surface area contributed by atoms with Gasteiger partial charge in [0.25, 0.3) is 5.91 Å². The van der Waals surface area contributed by atoms with Crippen molar-refractivity contribution in [3.8, 4) is 5.75 Å². The Bertz CT molecular complexity index is 317. The molecule has 1 rings (SSSR count). The van der Waals surface area contributed by atoms with Crippen molar-refractivity contribution in [2.24, 2.45) is 5.84 Å². The second-order valence-corrected chi connectivity index (χ2v) is 3.18. The third kappa shape index (κ3) is 3.06. The molecule has 0 radical (unpaired) electrons. The number of nitrogens with two attached hydrogens (primary N) is 1. The molecule has 76 valence electrons. The van der Waals surface area contributed by atoms with Gasteiger partial charge in [-0.1, -0.05) is 6.07 Å². The van der Waals surface area contributed by atoms with Gasteiger partial charge < -0.3 is 4.74 Å². The van der Waals surface area contributed by atoms with Gasteiger partial charge in [-0.2, -0.15) is 0 Å². The number of nitrogens with one attached hydrogen (secondary N) is 1. The number of ether oxygens (including phenoxy) is 1. The fourth-order valence-corrected chi connectivity index (χ4v) is 1.21. The van der Waals surface area contributed by atoms with E-state index in [1.165, 1.54) is 0 Å². The molecule has 0 saturated carbocycles. The summed E-state index contributed by atoms with van der Waals surface area (Å²) in [6.07, 6.45) is 0. The van der Waals surface area contributed by atoms with E-state index in [2.05, 4.69) is 0 Å². The van der Waals surface area contributed by atoms with E-state index in [4.69, 9.17) is 10.6 Å². The van der Waals surface area contributed by atoms with Crippen molar-refractivity contribution < 1.29 is 9.53 Å². The third-order valence-electron chi connectivity index (χ3n) is 1.73. The molecule has 1 aromatic carbocycles. The van der Waals surface area contributed by atoms with Crippen molar-refractivity contribution in [3.63, 3.8) is 0 Å². The molecule has 3 N–H and O–H groups in total. The molecule has 1 amide bonds. The highest BCUT2D eigenvalue weighted by Gasteiger charge is 2.00. The second-order valence-electron chi connectivity index (χ2n) is 3.18. The summed E-state index contributed by atoms with van der Waals surface area (Å²) in [7, 11) is 0. The maximum Gasteiger partial charge on any atom is 0.271 e. The minimum Gasteiger partial charge on any atom is -0.484 e. The first-order valence-electron chi connectivity index (χ1n) is 4.32. The Kier molecular flexibility index (Phi) is 3.48. The van der Waals surface area contributed by atoms with Gasteiger partial charge in [0.05, 0.1) is 0 Å². The summed E-state index contributed by atoms with van der Waals surface area (Å²) in [5.74, 6) is 5.26. The number of hydrogen-bond acceptors (Lipinski definition) is 3. The molecule has 0 heterocycles. The molecule has 0 aromatic heterocycles. The van der Waals surface area contributed by atoms with E-state index in [1.54, 1.807) is 0 Å². The molecule has 0 aliphatic carbocycles. The van der Waals surface area contributed by atoms with Crippen LogP contribution in [0.4, 0.5) is 0 Å². The molecule has 0 aliphatic rings. The molecule has 0 spiro atoms. The van der Waals surface area contributed by atoms with Crippen LogP contribution in [0.5, 0.6) is 5.75 Å². The molecule has 1 aromatic rings. The van der Waals surface area contributed by atoms with Gasteiger partial charge in [-0.05, 0) is 37.1 Å². The van der Waals surface area contributed by atoms with E-state index < -0.39 is 0 Å². The first-order valence-corrected chi connectivity index (χ1v) is 4.32. The number of hydrazine groups is 1. The van der Waals surface area contributed by atoms with Crippen molar-refractivity contribution in [1.82, 2.24) is 5.43 Å². The first kappa shape index (κ1) is 10.5. The third-order valence-corrected chi connectivity index (χ3v) is 1.73. The van der Waals surface area contributed by atoms with Gasteiger partial charge in [-0.15, -0.1) is 0 Å². The predicted octanol–water partition coefficient (Wildman–Crippen LogP) is 0.672. The lowest BCUT2D eigenvalue weighted by molar-refractivity contribution is -0.123. The standard InChI is InChI=1S/C10H14N2O2/c1-7-3-8(2)5-9(4-7)14-6-10(13)12-11/h3-5H,6,11H2,1-2H3,(H,12,13). The highest BCUT2D eigenvalue weighted by Crippen LogP contribution is 2.15. The quantitative estimate of drug-likeness (QED) is 0.422. The zero-order valence-corrected chi connectivity index (χ0v) is 8.33. The van der Waals surface area contributed by atoms with Crippen LogP contribution in [-0.4, -0.2) is 12.5 Å². The van der Waals surface area contributed by atoms with Crippen LogP contribution >= 0.6 is 0 Å². The topological polar surface area (TPSA) is 64.3 Å². The minimum atomic E-state index is -0.343. The summed E-state index contributed by atoms with van der Waals surface area (Å²) in [5, 5.41) is 0. The summed E-state index contributed by atoms with van der Waals surface area (Å²) in [6.45, 7) is 3.89. The number of aryl methyl sites for hydroxylation is 2. The lowest BCUT2D eigenvalue weighted by Gasteiger charge is -2.06.